The van der Waals surface area contributed by atoms with Gasteiger partial charge in [-0.15, -0.1) is 0 Å². The Morgan fingerprint density at radius 2 is 2.26 bits per heavy atom. The number of amides is 1. The third-order valence-electron chi connectivity index (χ3n) is 4.09. The molecule has 0 aromatic heterocycles. The van der Waals surface area contributed by atoms with Gasteiger partial charge in [-0.05, 0) is 42.9 Å². The van der Waals surface area contributed by atoms with Gasteiger partial charge in [-0.3, -0.25) is 4.79 Å². The van der Waals surface area contributed by atoms with Crippen molar-refractivity contribution in [2.45, 2.75) is 45.1 Å². The molecule has 0 bridgehead atoms. The molecule has 19 heavy (non-hydrogen) atoms. The van der Waals surface area contributed by atoms with E-state index in [2.05, 4.69) is 36.5 Å². The van der Waals surface area contributed by atoms with Crippen LogP contribution in [0.25, 0.3) is 0 Å². The lowest BCUT2D eigenvalue weighted by atomic mass is 9.87. The Labute approximate surface area is 115 Å². The molecule has 1 aromatic rings. The summed E-state index contributed by atoms with van der Waals surface area (Å²) < 4.78 is 0. The Bertz CT molecular complexity index is 427. The lowest BCUT2D eigenvalue weighted by Crippen LogP contribution is -2.33. The second-order valence-electron chi connectivity index (χ2n) is 5.43. The summed E-state index contributed by atoms with van der Waals surface area (Å²) in [5, 5.41) is 3.18. The molecule has 3 heteroatoms. The first-order valence-electron chi connectivity index (χ1n) is 7.31. The predicted octanol–water partition coefficient (Wildman–Crippen LogP) is 2.56. The molecule has 0 spiro atoms. The summed E-state index contributed by atoms with van der Waals surface area (Å²) in [6, 6.07) is 8.62. The zero-order valence-corrected chi connectivity index (χ0v) is 11.7. The van der Waals surface area contributed by atoms with E-state index in [-0.39, 0.29) is 11.9 Å². The summed E-state index contributed by atoms with van der Waals surface area (Å²) in [7, 11) is 0. The summed E-state index contributed by atoms with van der Waals surface area (Å²) in [5.74, 6) is 0.442. The van der Waals surface area contributed by atoms with Gasteiger partial charge in [0.2, 0.25) is 5.91 Å². The highest BCUT2D eigenvalue weighted by molar-refractivity contribution is 5.76. The van der Waals surface area contributed by atoms with Crippen molar-refractivity contribution in [3.8, 4) is 0 Å². The maximum atomic E-state index is 12.1. The lowest BCUT2D eigenvalue weighted by Gasteiger charge is -2.27. The van der Waals surface area contributed by atoms with Gasteiger partial charge in [-0.25, -0.2) is 0 Å². The quantitative estimate of drug-likeness (QED) is 0.855. The number of fused-ring (bicyclic) bond motifs is 1. The number of hydrogen-bond acceptors (Lipinski definition) is 2. The van der Waals surface area contributed by atoms with Crippen molar-refractivity contribution in [2.75, 3.05) is 6.54 Å². The topological polar surface area (TPSA) is 55.1 Å². The zero-order valence-electron chi connectivity index (χ0n) is 11.7. The molecule has 0 fully saturated rings. The molecule has 1 amide bonds. The first-order valence-corrected chi connectivity index (χ1v) is 7.31. The Morgan fingerprint density at radius 1 is 1.47 bits per heavy atom. The van der Waals surface area contributed by atoms with Crippen LogP contribution in [0.5, 0.6) is 0 Å². The van der Waals surface area contributed by atoms with Crippen LogP contribution < -0.4 is 11.1 Å². The fourth-order valence-corrected chi connectivity index (χ4v) is 2.81. The number of rotatable bonds is 5. The van der Waals surface area contributed by atoms with Crippen LogP contribution in [0.15, 0.2) is 24.3 Å². The minimum Gasteiger partial charge on any atom is -0.349 e. The van der Waals surface area contributed by atoms with Crippen LogP contribution >= 0.6 is 0 Å². The van der Waals surface area contributed by atoms with Gasteiger partial charge in [-0.1, -0.05) is 37.6 Å². The molecule has 2 atom stereocenters. The first kappa shape index (κ1) is 14.1. The maximum Gasteiger partial charge on any atom is 0.220 e. The molecule has 104 valence electrons. The van der Waals surface area contributed by atoms with Crippen molar-refractivity contribution in [2.24, 2.45) is 11.7 Å². The van der Waals surface area contributed by atoms with Gasteiger partial charge in [0.25, 0.3) is 0 Å². The molecule has 3 N–H and O–H groups in total. The lowest BCUT2D eigenvalue weighted by molar-refractivity contribution is -0.122. The second-order valence-corrected chi connectivity index (χ2v) is 5.43. The Kier molecular flexibility index (Phi) is 4.97. The number of aryl methyl sites for hydroxylation is 1. The summed E-state index contributed by atoms with van der Waals surface area (Å²) in [5.41, 5.74) is 8.34. The molecule has 0 heterocycles. The molecule has 1 aliphatic carbocycles. The molecule has 0 saturated heterocycles. The van der Waals surface area contributed by atoms with Crippen molar-refractivity contribution in [1.29, 1.82) is 0 Å². The van der Waals surface area contributed by atoms with E-state index >= 15 is 0 Å². The van der Waals surface area contributed by atoms with Crippen molar-refractivity contribution in [1.82, 2.24) is 5.32 Å². The minimum atomic E-state index is 0.138. The molecular weight excluding hydrogens is 236 g/mol. The summed E-state index contributed by atoms with van der Waals surface area (Å²) >= 11 is 0. The largest absolute Gasteiger partial charge is 0.349 e. The fourth-order valence-electron chi connectivity index (χ4n) is 2.81. The van der Waals surface area contributed by atoms with E-state index in [0.29, 0.717) is 18.9 Å². The van der Waals surface area contributed by atoms with Crippen molar-refractivity contribution in [3.05, 3.63) is 35.4 Å². The molecule has 0 aliphatic heterocycles. The standard InChI is InChI=1S/C16H24N2O/c1-2-12(11-17)10-16(19)18-15-9-5-7-13-6-3-4-8-14(13)15/h3-4,6,8,12,15H,2,5,7,9-11,17H2,1H3,(H,18,19). The zero-order chi connectivity index (χ0) is 13.7. The van der Waals surface area contributed by atoms with E-state index in [4.69, 9.17) is 5.73 Å². The molecule has 1 aliphatic rings. The van der Waals surface area contributed by atoms with Gasteiger partial charge in [0, 0.05) is 6.42 Å². The van der Waals surface area contributed by atoms with E-state index in [9.17, 15) is 4.79 Å². The van der Waals surface area contributed by atoms with Crippen LogP contribution in [-0.4, -0.2) is 12.5 Å². The monoisotopic (exact) mass is 260 g/mol. The van der Waals surface area contributed by atoms with Crippen molar-refractivity contribution in [3.63, 3.8) is 0 Å². The SMILES string of the molecule is CCC(CN)CC(=O)NC1CCCc2ccccc21. The first-order chi connectivity index (χ1) is 9.24. The van der Waals surface area contributed by atoms with Crippen molar-refractivity contribution < 1.29 is 4.79 Å². The van der Waals surface area contributed by atoms with Gasteiger partial charge in [0.1, 0.15) is 0 Å². The molecule has 3 nitrogen and oxygen atoms in total. The maximum absolute atomic E-state index is 12.1. The van der Waals surface area contributed by atoms with E-state index in [1.165, 1.54) is 11.1 Å². The van der Waals surface area contributed by atoms with Crippen LogP contribution in [0.4, 0.5) is 0 Å². The van der Waals surface area contributed by atoms with Crippen LogP contribution in [0.1, 0.15) is 49.8 Å². The van der Waals surface area contributed by atoms with Gasteiger partial charge in [0.15, 0.2) is 0 Å². The smallest absolute Gasteiger partial charge is 0.220 e. The van der Waals surface area contributed by atoms with Gasteiger partial charge in [-0.2, -0.15) is 0 Å². The number of nitrogens with two attached hydrogens (primary N) is 1. The van der Waals surface area contributed by atoms with E-state index < -0.39 is 0 Å². The van der Waals surface area contributed by atoms with Gasteiger partial charge < -0.3 is 11.1 Å². The third-order valence-corrected chi connectivity index (χ3v) is 4.09. The Balaban J connectivity index is 1.99. The fraction of sp³-hybridized carbons (Fsp3) is 0.562. The highest BCUT2D eigenvalue weighted by atomic mass is 16.1. The van der Waals surface area contributed by atoms with Gasteiger partial charge >= 0.3 is 0 Å². The molecule has 0 saturated carbocycles. The van der Waals surface area contributed by atoms with E-state index in [0.717, 1.165) is 25.7 Å². The average molecular weight is 260 g/mol. The number of nitrogens with one attached hydrogen (secondary N) is 1. The summed E-state index contributed by atoms with van der Waals surface area (Å²) in [6.07, 6.45) is 4.83. The summed E-state index contributed by atoms with van der Waals surface area (Å²) in [6.45, 7) is 2.67. The van der Waals surface area contributed by atoms with E-state index in [1.807, 2.05) is 0 Å². The highest BCUT2D eigenvalue weighted by Crippen LogP contribution is 2.29. The second kappa shape index (κ2) is 6.71. The normalized spacial score (nSPS) is 19.6. The van der Waals surface area contributed by atoms with Crippen LogP contribution in [0.2, 0.25) is 0 Å². The van der Waals surface area contributed by atoms with Crippen LogP contribution in [0.3, 0.4) is 0 Å². The van der Waals surface area contributed by atoms with Crippen LogP contribution in [0, 0.1) is 5.92 Å². The molecule has 1 aromatic carbocycles. The Hall–Kier alpha value is -1.35. The number of carbonyl (C=O) groups excluding carboxylic acids is 1. The van der Waals surface area contributed by atoms with Crippen LogP contribution in [-0.2, 0) is 11.2 Å². The number of benzene rings is 1. The van der Waals surface area contributed by atoms with Gasteiger partial charge in [0.05, 0.1) is 6.04 Å². The molecule has 0 radical (unpaired) electrons. The van der Waals surface area contributed by atoms with Crippen molar-refractivity contribution >= 4 is 5.91 Å². The predicted molar refractivity (Wildman–Crippen MR) is 77.7 cm³/mol. The molecular formula is C16H24N2O. The number of hydrogen-bond donors (Lipinski definition) is 2. The average Bonchev–Trinajstić information content (AvgIpc) is 2.45. The third kappa shape index (κ3) is 3.57. The highest BCUT2D eigenvalue weighted by Gasteiger charge is 2.22. The molecule has 2 rings (SSSR count). The summed E-state index contributed by atoms with van der Waals surface area (Å²) in [4.78, 5) is 12.1. The molecule has 2 unspecified atom stereocenters. The minimum absolute atomic E-state index is 0.138. The Morgan fingerprint density at radius 3 is 3.00 bits per heavy atom. The number of carbonyl (C=O) groups is 1. The van der Waals surface area contributed by atoms with E-state index in [1.54, 1.807) is 0 Å².